The van der Waals surface area contributed by atoms with Crippen molar-refractivity contribution in [2.75, 3.05) is 10.5 Å². The summed E-state index contributed by atoms with van der Waals surface area (Å²) < 4.78 is 39.1. The van der Waals surface area contributed by atoms with Gasteiger partial charge in [0, 0.05) is 6.07 Å². The molecule has 0 radical (unpaired) electrons. The van der Waals surface area contributed by atoms with Gasteiger partial charge in [0.25, 0.3) is 0 Å². The van der Waals surface area contributed by atoms with Crippen molar-refractivity contribution >= 4 is 15.7 Å². The van der Waals surface area contributed by atoms with Crippen molar-refractivity contribution < 1.29 is 17.9 Å². The summed E-state index contributed by atoms with van der Waals surface area (Å²) in [6, 6.07) is 3.22. The second-order valence-electron chi connectivity index (χ2n) is 5.05. The molecule has 1 aromatic carbocycles. The lowest BCUT2D eigenvalue weighted by atomic mass is 9.91. The number of phenolic OH excluding ortho intramolecular Hbond substituents is 1. The normalized spacial score (nSPS) is 17.3. The van der Waals surface area contributed by atoms with E-state index >= 15 is 0 Å². The Kier molecular flexibility index (Phi) is 4.29. The van der Waals surface area contributed by atoms with Crippen molar-refractivity contribution in [1.29, 1.82) is 0 Å². The van der Waals surface area contributed by atoms with Crippen LogP contribution < -0.4 is 4.72 Å². The number of benzene rings is 1. The third-order valence-corrected chi connectivity index (χ3v) is 4.85. The van der Waals surface area contributed by atoms with Gasteiger partial charge in [-0.1, -0.05) is 19.3 Å². The highest BCUT2D eigenvalue weighted by atomic mass is 32.2. The lowest BCUT2D eigenvalue weighted by Gasteiger charge is -2.21. The van der Waals surface area contributed by atoms with Crippen LogP contribution in [0.2, 0.25) is 0 Å². The molecular weight excluding hydrogens is 269 g/mol. The largest absolute Gasteiger partial charge is 0.506 e. The third-order valence-electron chi connectivity index (χ3n) is 3.41. The SMILES string of the molecule is O=S(=O)(CC1CCCCC1)Nc1ccc(F)cc1O. The summed E-state index contributed by atoms with van der Waals surface area (Å²) in [7, 11) is -3.50. The Morgan fingerprint density at radius 1 is 1.26 bits per heavy atom. The molecule has 6 heteroatoms. The highest BCUT2D eigenvalue weighted by Crippen LogP contribution is 2.28. The number of nitrogens with one attached hydrogen (secondary N) is 1. The van der Waals surface area contributed by atoms with E-state index in [1.54, 1.807) is 0 Å². The van der Waals surface area contributed by atoms with Gasteiger partial charge in [-0.3, -0.25) is 4.72 Å². The van der Waals surface area contributed by atoms with Gasteiger partial charge >= 0.3 is 0 Å². The van der Waals surface area contributed by atoms with Crippen molar-refractivity contribution in [3.8, 4) is 5.75 Å². The molecule has 0 amide bonds. The maximum absolute atomic E-state index is 12.8. The number of phenols is 1. The predicted octanol–water partition coefficient (Wildman–Crippen LogP) is 2.85. The first-order valence-electron chi connectivity index (χ1n) is 6.45. The molecule has 0 saturated heterocycles. The lowest BCUT2D eigenvalue weighted by Crippen LogP contribution is -2.24. The number of aromatic hydroxyl groups is 1. The van der Waals surface area contributed by atoms with Gasteiger partial charge in [-0.15, -0.1) is 0 Å². The zero-order chi connectivity index (χ0) is 13.9. The van der Waals surface area contributed by atoms with E-state index in [9.17, 15) is 17.9 Å². The Balaban J connectivity index is 2.03. The first-order valence-corrected chi connectivity index (χ1v) is 8.10. The van der Waals surface area contributed by atoms with Crippen LogP contribution in [0.4, 0.5) is 10.1 Å². The minimum absolute atomic E-state index is 0.0252. The molecule has 106 valence electrons. The number of rotatable bonds is 4. The molecular formula is C13H18FNO3S. The van der Waals surface area contributed by atoms with E-state index in [2.05, 4.69) is 4.72 Å². The number of anilines is 1. The Hall–Kier alpha value is -1.30. The molecule has 2 rings (SSSR count). The van der Waals surface area contributed by atoms with Crippen LogP contribution in [0.25, 0.3) is 0 Å². The highest BCUT2D eigenvalue weighted by molar-refractivity contribution is 7.92. The van der Waals surface area contributed by atoms with Crippen molar-refractivity contribution in [2.45, 2.75) is 32.1 Å². The summed E-state index contributed by atoms with van der Waals surface area (Å²) in [6.07, 6.45) is 5.17. The average Bonchev–Trinajstić information content (AvgIpc) is 2.33. The minimum atomic E-state index is -3.50. The number of halogens is 1. The lowest BCUT2D eigenvalue weighted by molar-refractivity contribution is 0.385. The fraction of sp³-hybridized carbons (Fsp3) is 0.538. The fourth-order valence-corrected chi connectivity index (χ4v) is 4.01. The van der Waals surface area contributed by atoms with E-state index < -0.39 is 21.6 Å². The summed E-state index contributed by atoms with van der Waals surface area (Å²) >= 11 is 0. The van der Waals surface area contributed by atoms with Crippen LogP contribution >= 0.6 is 0 Å². The molecule has 0 aliphatic heterocycles. The summed E-state index contributed by atoms with van der Waals surface area (Å²) in [5.41, 5.74) is 0.0252. The van der Waals surface area contributed by atoms with Gasteiger partial charge < -0.3 is 5.11 Å². The van der Waals surface area contributed by atoms with E-state index in [1.165, 1.54) is 12.5 Å². The highest BCUT2D eigenvalue weighted by Gasteiger charge is 2.22. The Bertz CT molecular complexity index is 539. The molecule has 2 N–H and O–H groups in total. The van der Waals surface area contributed by atoms with E-state index in [0.717, 1.165) is 37.8 Å². The molecule has 19 heavy (non-hydrogen) atoms. The standard InChI is InChI=1S/C13H18FNO3S/c14-11-6-7-12(13(16)8-11)15-19(17,18)9-10-4-2-1-3-5-10/h6-8,10,15-16H,1-5,9H2. The zero-order valence-corrected chi connectivity index (χ0v) is 11.4. The first-order chi connectivity index (χ1) is 8.96. The molecule has 0 spiro atoms. The Morgan fingerprint density at radius 2 is 1.95 bits per heavy atom. The second-order valence-corrected chi connectivity index (χ2v) is 6.82. The van der Waals surface area contributed by atoms with Crippen LogP contribution in [0, 0.1) is 11.7 Å². The van der Waals surface area contributed by atoms with E-state index in [0.29, 0.717) is 0 Å². The van der Waals surface area contributed by atoms with Gasteiger partial charge in [0.05, 0.1) is 11.4 Å². The summed E-state index contributed by atoms with van der Waals surface area (Å²) in [5.74, 6) is -0.766. The van der Waals surface area contributed by atoms with Crippen molar-refractivity contribution in [1.82, 2.24) is 0 Å². The first kappa shape index (κ1) is 14.1. The van der Waals surface area contributed by atoms with Gasteiger partial charge in [0.15, 0.2) is 0 Å². The van der Waals surface area contributed by atoms with Gasteiger partial charge in [-0.05, 0) is 30.9 Å². The molecule has 1 aromatic rings. The molecule has 0 aromatic heterocycles. The minimum Gasteiger partial charge on any atom is -0.506 e. The van der Waals surface area contributed by atoms with E-state index in [4.69, 9.17) is 0 Å². The maximum atomic E-state index is 12.8. The maximum Gasteiger partial charge on any atom is 0.233 e. The van der Waals surface area contributed by atoms with Gasteiger partial charge in [-0.25, -0.2) is 12.8 Å². The number of hydrogen-bond acceptors (Lipinski definition) is 3. The zero-order valence-electron chi connectivity index (χ0n) is 10.6. The Labute approximate surface area is 112 Å². The monoisotopic (exact) mass is 287 g/mol. The molecule has 1 aliphatic rings. The fourth-order valence-electron chi connectivity index (χ4n) is 2.46. The Morgan fingerprint density at radius 3 is 2.58 bits per heavy atom. The molecule has 1 fully saturated rings. The molecule has 0 atom stereocenters. The van der Waals surface area contributed by atoms with Gasteiger partial charge in [0.1, 0.15) is 11.6 Å². The quantitative estimate of drug-likeness (QED) is 0.837. The molecule has 0 heterocycles. The third kappa shape index (κ3) is 4.09. The summed E-state index contributed by atoms with van der Waals surface area (Å²) in [4.78, 5) is 0. The topological polar surface area (TPSA) is 66.4 Å². The van der Waals surface area contributed by atoms with Crippen molar-refractivity contribution in [2.24, 2.45) is 5.92 Å². The predicted molar refractivity (Wildman–Crippen MR) is 72.0 cm³/mol. The number of sulfonamides is 1. The molecule has 0 bridgehead atoms. The van der Waals surface area contributed by atoms with Crippen molar-refractivity contribution in [3.63, 3.8) is 0 Å². The van der Waals surface area contributed by atoms with Gasteiger partial charge in [0.2, 0.25) is 10.0 Å². The molecule has 1 aliphatic carbocycles. The number of hydrogen-bond donors (Lipinski definition) is 2. The van der Waals surface area contributed by atoms with Crippen LogP contribution in [0.15, 0.2) is 18.2 Å². The average molecular weight is 287 g/mol. The van der Waals surface area contributed by atoms with E-state index in [1.807, 2.05) is 0 Å². The van der Waals surface area contributed by atoms with Crippen molar-refractivity contribution in [3.05, 3.63) is 24.0 Å². The summed E-state index contributed by atoms with van der Waals surface area (Å²) in [5, 5.41) is 9.49. The van der Waals surface area contributed by atoms with Crippen LogP contribution in [-0.4, -0.2) is 19.3 Å². The summed E-state index contributed by atoms with van der Waals surface area (Å²) in [6.45, 7) is 0. The van der Waals surface area contributed by atoms with E-state index in [-0.39, 0.29) is 17.4 Å². The van der Waals surface area contributed by atoms with Crippen LogP contribution in [0.1, 0.15) is 32.1 Å². The van der Waals surface area contributed by atoms with Crippen LogP contribution in [-0.2, 0) is 10.0 Å². The van der Waals surface area contributed by atoms with Crippen LogP contribution in [0.3, 0.4) is 0 Å². The molecule has 1 saturated carbocycles. The molecule has 0 unspecified atom stereocenters. The molecule has 4 nitrogen and oxygen atoms in total. The second kappa shape index (κ2) is 5.77. The smallest absolute Gasteiger partial charge is 0.233 e. The van der Waals surface area contributed by atoms with Crippen LogP contribution in [0.5, 0.6) is 5.75 Å². The van der Waals surface area contributed by atoms with Gasteiger partial charge in [-0.2, -0.15) is 0 Å².